The Morgan fingerprint density at radius 2 is 1.58 bits per heavy atom. The van der Waals surface area contributed by atoms with E-state index in [2.05, 4.69) is 6.58 Å². The maximum absolute atomic E-state index is 13.3. The Hall–Kier alpha value is -1.22. The van der Waals surface area contributed by atoms with Crippen molar-refractivity contribution in [2.24, 2.45) is 17.8 Å². The normalized spacial score (nSPS) is 29.5. The predicted molar refractivity (Wildman–Crippen MR) is 102 cm³/mol. The van der Waals surface area contributed by atoms with E-state index in [1.165, 1.54) is 57.1 Å². The summed E-state index contributed by atoms with van der Waals surface area (Å²) in [6, 6.07) is 4.02. The molecule has 0 heterocycles. The highest BCUT2D eigenvalue weighted by Crippen LogP contribution is 2.41. The monoisotopic (exact) mass is 362 g/mol. The standard InChI is InChI=1S/C23H32F2O/c1-2-3-4-17-5-8-19(9-6-17)20-10-12-21(13-11-20)26-16-18-7-14-22(24)23(25)15-18/h2,7,14-15,17,19-21H,1,3-6,8-13,16H2/t17-,19-,20-,21-. The summed E-state index contributed by atoms with van der Waals surface area (Å²) in [4.78, 5) is 0. The summed E-state index contributed by atoms with van der Waals surface area (Å²) in [6.07, 6.45) is 15.1. The summed E-state index contributed by atoms with van der Waals surface area (Å²) in [5.74, 6) is 1.09. The van der Waals surface area contributed by atoms with Gasteiger partial charge in [-0.15, -0.1) is 6.58 Å². The van der Waals surface area contributed by atoms with Gasteiger partial charge in [0.25, 0.3) is 0 Å². The van der Waals surface area contributed by atoms with E-state index in [1.807, 2.05) is 6.08 Å². The first-order valence-electron chi connectivity index (χ1n) is 10.3. The van der Waals surface area contributed by atoms with Crippen molar-refractivity contribution in [3.8, 4) is 0 Å². The summed E-state index contributed by atoms with van der Waals surface area (Å²) in [7, 11) is 0. The van der Waals surface area contributed by atoms with Crippen molar-refractivity contribution in [1.82, 2.24) is 0 Å². The first kappa shape index (κ1) is 19.5. The summed E-state index contributed by atoms with van der Waals surface area (Å²) < 4.78 is 32.2. The van der Waals surface area contributed by atoms with Crippen LogP contribution in [0.25, 0.3) is 0 Å². The zero-order valence-corrected chi connectivity index (χ0v) is 15.8. The highest BCUT2D eigenvalue weighted by atomic mass is 19.2. The molecule has 3 heteroatoms. The topological polar surface area (TPSA) is 9.23 Å². The molecular formula is C23H32F2O. The molecule has 2 fully saturated rings. The van der Waals surface area contributed by atoms with Crippen LogP contribution in [0.4, 0.5) is 8.78 Å². The number of hydrogen-bond acceptors (Lipinski definition) is 1. The lowest BCUT2D eigenvalue weighted by Crippen LogP contribution is -2.28. The fourth-order valence-electron chi connectivity index (χ4n) is 4.87. The van der Waals surface area contributed by atoms with E-state index in [9.17, 15) is 8.78 Å². The second kappa shape index (κ2) is 9.64. The van der Waals surface area contributed by atoms with E-state index in [-0.39, 0.29) is 6.10 Å². The summed E-state index contributed by atoms with van der Waals surface area (Å²) in [5, 5.41) is 0. The van der Waals surface area contributed by atoms with Gasteiger partial charge < -0.3 is 4.74 Å². The molecule has 0 aromatic heterocycles. The first-order chi connectivity index (χ1) is 12.7. The number of hydrogen-bond donors (Lipinski definition) is 0. The van der Waals surface area contributed by atoms with E-state index < -0.39 is 11.6 Å². The lowest BCUT2D eigenvalue weighted by atomic mass is 9.70. The van der Waals surface area contributed by atoms with Gasteiger partial charge in [-0.05, 0) is 86.8 Å². The highest BCUT2D eigenvalue weighted by Gasteiger charge is 2.30. The van der Waals surface area contributed by atoms with Gasteiger partial charge in [0.2, 0.25) is 0 Å². The Kier molecular flexibility index (Phi) is 7.24. The van der Waals surface area contributed by atoms with E-state index in [1.54, 1.807) is 6.07 Å². The van der Waals surface area contributed by atoms with E-state index >= 15 is 0 Å². The van der Waals surface area contributed by atoms with Crippen molar-refractivity contribution in [3.63, 3.8) is 0 Å². The molecule has 0 radical (unpaired) electrons. The minimum Gasteiger partial charge on any atom is -0.374 e. The van der Waals surface area contributed by atoms with Crippen molar-refractivity contribution in [3.05, 3.63) is 48.1 Å². The number of halogens is 2. The second-order valence-corrected chi connectivity index (χ2v) is 8.24. The van der Waals surface area contributed by atoms with Gasteiger partial charge in [0.1, 0.15) is 0 Å². The van der Waals surface area contributed by atoms with Gasteiger partial charge in [0.05, 0.1) is 12.7 Å². The molecule has 3 rings (SSSR count). The molecule has 0 atom stereocenters. The van der Waals surface area contributed by atoms with Crippen LogP contribution in [0.5, 0.6) is 0 Å². The van der Waals surface area contributed by atoms with E-state index in [4.69, 9.17) is 4.74 Å². The molecule has 0 aliphatic heterocycles. The molecule has 0 unspecified atom stereocenters. The van der Waals surface area contributed by atoms with Crippen molar-refractivity contribution >= 4 is 0 Å². The van der Waals surface area contributed by atoms with Crippen LogP contribution >= 0.6 is 0 Å². The fraction of sp³-hybridized carbons (Fsp3) is 0.652. The van der Waals surface area contributed by atoms with Crippen LogP contribution in [0.2, 0.25) is 0 Å². The van der Waals surface area contributed by atoms with Crippen LogP contribution < -0.4 is 0 Å². The summed E-state index contributed by atoms with van der Waals surface area (Å²) >= 11 is 0. The zero-order chi connectivity index (χ0) is 18.4. The molecule has 26 heavy (non-hydrogen) atoms. The number of rotatable bonds is 7. The van der Waals surface area contributed by atoms with Gasteiger partial charge >= 0.3 is 0 Å². The van der Waals surface area contributed by atoms with E-state index in [0.29, 0.717) is 12.2 Å². The SMILES string of the molecule is C=CCC[C@H]1CC[C@H]([C@H]2CC[C@H](OCc3ccc(F)c(F)c3)CC2)CC1. The lowest BCUT2D eigenvalue weighted by molar-refractivity contribution is -0.00293. The van der Waals surface area contributed by atoms with Gasteiger partial charge in [-0.1, -0.05) is 25.0 Å². The average molecular weight is 363 g/mol. The van der Waals surface area contributed by atoms with E-state index in [0.717, 1.165) is 37.0 Å². The highest BCUT2D eigenvalue weighted by molar-refractivity contribution is 5.16. The Morgan fingerprint density at radius 3 is 2.19 bits per heavy atom. The minimum absolute atomic E-state index is 0.267. The smallest absolute Gasteiger partial charge is 0.159 e. The second-order valence-electron chi connectivity index (χ2n) is 8.24. The number of ether oxygens (including phenoxy) is 1. The molecule has 0 N–H and O–H groups in total. The summed E-state index contributed by atoms with van der Waals surface area (Å²) in [5.41, 5.74) is 0.712. The molecule has 2 saturated carbocycles. The van der Waals surface area contributed by atoms with Gasteiger partial charge in [0.15, 0.2) is 11.6 Å². The quantitative estimate of drug-likeness (QED) is 0.484. The molecular weight excluding hydrogens is 330 g/mol. The Bertz CT molecular complexity index is 570. The van der Waals surface area contributed by atoms with Gasteiger partial charge in [-0.2, -0.15) is 0 Å². The first-order valence-corrected chi connectivity index (χ1v) is 10.3. The third-order valence-corrected chi connectivity index (χ3v) is 6.53. The number of benzene rings is 1. The van der Waals surface area contributed by atoms with Gasteiger partial charge in [-0.3, -0.25) is 0 Å². The van der Waals surface area contributed by atoms with Crippen molar-refractivity contribution in [2.75, 3.05) is 0 Å². The molecule has 0 amide bonds. The number of allylic oxidation sites excluding steroid dienone is 1. The lowest BCUT2D eigenvalue weighted by Gasteiger charge is -2.37. The predicted octanol–water partition coefficient (Wildman–Crippen LogP) is 6.81. The Morgan fingerprint density at radius 1 is 0.923 bits per heavy atom. The third-order valence-electron chi connectivity index (χ3n) is 6.53. The average Bonchev–Trinajstić information content (AvgIpc) is 2.68. The fourth-order valence-corrected chi connectivity index (χ4v) is 4.87. The van der Waals surface area contributed by atoms with Crippen molar-refractivity contribution in [2.45, 2.75) is 76.9 Å². The molecule has 2 aliphatic carbocycles. The van der Waals surface area contributed by atoms with Gasteiger partial charge in [-0.25, -0.2) is 8.78 Å². The van der Waals surface area contributed by atoms with Crippen LogP contribution in [0, 0.1) is 29.4 Å². The maximum atomic E-state index is 13.3. The molecule has 1 nitrogen and oxygen atoms in total. The van der Waals surface area contributed by atoms with Gasteiger partial charge in [0, 0.05) is 0 Å². The Balaban J connectivity index is 1.36. The molecule has 0 spiro atoms. The van der Waals surface area contributed by atoms with Crippen LogP contribution in [0.3, 0.4) is 0 Å². The molecule has 2 aliphatic rings. The van der Waals surface area contributed by atoms with Crippen molar-refractivity contribution < 1.29 is 13.5 Å². The molecule has 1 aromatic carbocycles. The maximum Gasteiger partial charge on any atom is 0.159 e. The third kappa shape index (κ3) is 5.39. The van der Waals surface area contributed by atoms with Crippen molar-refractivity contribution in [1.29, 1.82) is 0 Å². The van der Waals surface area contributed by atoms with Crippen LogP contribution in [0.1, 0.15) is 69.8 Å². The molecule has 1 aromatic rings. The Labute approximate surface area is 156 Å². The zero-order valence-electron chi connectivity index (χ0n) is 15.8. The van der Waals surface area contributed by atoms with Crippen LogP contribution in [0.15, 0.2) is 30.9 Å². The van der Waals surface area contributed by atoms with Crippen LogP contribution in [-0.2, 0) is 11.3 Å². The minimum atomic E-state index is -0.798. The largest absolute Gasteiger partial charge is 0.374 e. The molecule has 144 valence electrons. The molecule has 0 bridgehead atoms. The van der Waals surface area contributed by atoms with Crippen LogP contribution in [-0.4, -0.2) is 6.10 Å². The molecule has 0 saturated heterocycles. The summed E-state index contributed by atoms with van der Waals surface area (Å²) in [6.45, 7) is 4.21.